The number of methoxy groups -OCH3 is 1. The van der Waals surface area contributed by atoms with E-state index in [1.54, 1.807) is 92.7 Å². The van der Waals surface area contributed by atoms with Gasteiger partial charge in [-0.1, -0.05) is 48.5 Å². The number of aromatic nitrogens is 1. The molecule has 2 atom stereocenters. The largest absolute Gasteiger partial charge is 0.496 e. The van der Waals surface area contributed by atoms with Gasteiger partial charge in [0.15, 0.2) is 12.2 Å². The van der Waals surface area contributed by atoms with Crippen LogP contribution in [0.5, 0.6) is 11.5 Å². The number of hydrogen-bond donors (Lipinski definition) is 0. The quantitative estimate of drug-likeness (QED) is 0.191. The molecule has 1 aromatic heterocycles. The van der Waals surface area contributed by atoms with Crippen LogP contribution in [0.2, 0.25) is 0 Å². The molecule has 8 heteroatoms. The summed E-state index contributed by atoms with van der Waals surface area (Å²) in [7, 11) is 3.31. The Morgan fingerprint density at radius 3 is 2.02 bits per heavy atom. The van der Waals surface area contributed by atoms with Crippen LogP contribution in [-0.4, -0.2) is 35.3 Å². The molecule has 0 saturated carbocycles. The number of hydrogen-bond acceptors (Lipinski definition) is 7. The van der Waals surface area contributed by atoms with Crippen LogP contribution in [-0.2, 0) is 16.5 Å². The molecular formula is C34H29NO7. The van der Waals surface area contributed by atoms with Gasteiger partial charge in [-0.15, -0.1) is 0 Å². The predicted molar refractivity (Wildman–Crippen MR) is 158 cm³/mol. The first-order chi connectivity index (χ1) is 20.2. The van der Waals surface area contributed by atoms with E-state index in [9.17, 15) is 14.4 Å². The normalized spacial score (nSPS) is 17.2. The van der Waals surface area contributed by atoms with Crippen LogP contribution in [0.1, 0.15) is 46.2 Å². The van der Waals surface area contributed by atoms with E-state index in [0.717, 1.165) is 0 Å². The van der Waals surface area contributed by atoms with Crippen LogP contribution in [0.25, 0.3) is 21.8 Å². The Hall–Kier alpha value is -5.11. The first-order valence-electron chi connectivity index (χ1n) is 13.5. The third kappa shape index (κ3) is 4.45. The van der Waals surface area contributed by atoms with Crippen molar-refractivity contribution in [3.8, 4) is 11.5 Å². The van der Waals surface area contributed by atoms with Crippen molar-refractivity contribution in [2.24, 2.45) is 7.05 Å². The van der Waals surface area contributed by atoms with Crippen molar-refractivity contribution in [2.75, 3.05) is 7.11 Å². The Kier molecular flexibility index (Phi) is 6.69. The SMILES string of the molecule is COc1cc2c(c3c1c(=O)c1ccccc1n3C)[C@@H](OC(=O)c1ccccc1)[C@H](OC(=O)c1ccccc1)C(C)(C)O2. The molecule has 5 aromatic rings. The number of pyridine rings is 1. The fourth-order valence-corrected chi connectivity index (χ4v) is 5.64. The van der Waals surface area contributed by atoms with E-state index >= 15 is 0 Å². The second-order valence-electron chi connectivity index (χ2n) is 10.7. The summed E-state index contributed by atoms with van der Waals surface area (Å²) in [5.74, 6) is -0.537. The molecule has 0 amide bonds. The van der Waals surface area contributed by atoms with Crippen LogP contribution >= 0.6 is 0 Å². The van der Waals surface area contributed by atoms with E-state index in [1.165, 1.54) is 7.11 Å². The smallest absolute Gasteiger partial charge is 0.338 e. The Balaban J connectivity index is 1.63. The second kappa shape index (κ2) is 10.4. The van der Waals surface area contributed by atoms with Gasteiger partial charge in [-0.2, -0.15) is 0 Å². The maximum Gasteiger partial charge on any atom is 0.338 e. The van der Waals surface area contributed by atoms with Crippen molar-refractivity contribution in [3.63, 3.8) is 0 Å². The molecule has 6 rings (SSSR count). The molecule has 8 nitrogen and oxygen atoms in total. The molecule has 0 fully saturated rings. The van der Waals surface area contributed by atoms with Gasteiger partial charge in [-0.25, -0.2) is 9.59 Å². The van der Waals surface area contributed by atoms with Crippen molar-refractivity contribution in [2.45, 2.75) is 31.7 Å². The highest BCUT2D eigenvalue weighted by Crippen LogP contribution is 2.49. The molecule has 1 aliphatic rings. The fraction of sp³-hybridized carbons (Fsp3) is 0.206. The maximum atomic E-state index is 13.9. The first-order valence-corrected chi connectivity index (χ1v) is 13.5. The Morgan fingerprint density at radius 1 is 0.833 bits per heavy atom. The van der Waals surface area contributed by atoms with Gasteiger partial charge in [-0.3, -0.25) is 4.79 Å². The summed E-state index contributed by atoms with van der Waals surface area (Å²) in [5.41, 5.74) is 0.808. The molecule has 0 saturated heterocycles. The molecule has 2 heterocycles. The number of carbonyl (C=O) groups excluding carboxylic acids is 2. The van der Waals surface area contributed by atoms with Crippen molar-refractivity contribution in [3.05, 3.63) is 118 Å². The molecular weight excluding hydrogens is 534 g/mol. The van der Waals surface area contributed by atoms with Crippen molar-refractivity contribution < 1.29 is 28.5 Å². The highest BCUT2D eigenvalue weighted by molar-refractivity contribution is 6.00. The lowest BCUT2D eigenvalue weighted by atomic mass is 9.86. The van der Waals surface area contributed by atoms with Gasteiger partial charge < -0.3 is 23.5 Å². The molecule has 0 N–H and O–H groups in total. The van der Waals surface area contributed by atoms with E-state index < -0.39 is 29.7 Å². The van der Waals surface area contributed by atoms with E-state index in [4.69, 9.17) is 18.9 Å². The van der Waals surface area contributed by atoms with Gasteiger partial charge in [0.2, 0.25) is 5.43 Å². The average molecular weight is 564 g/mol. The summed E-state index contributed by atoms with van der Waals surface area (Å²) in [5, 5.41) is 0.808. The summed E-state index contributed by atoms with van der Waals surface area (Å²) >= 11 is 0. The number of rotatable bonds is 5. The van der Waals surface area contributed by atoms with E-state index in [2.05, 4.69) is 0 Å². The van der Waals surface area contributed by atoms with Gasteiger partial charge in [0.1, 0.15) is 17.1 Å². The fourth-order valence-electron chi connectivity index (χ4n) is 5.64. The number of carbonyl (C=O) groups is 2. The minimum absolute atomic E-state index is 0.242. The lowest BCUT2D eigenvalue weighted by Crippen LogP contribution is -2.52. The zero-order chi connectivity index (χ0) is 29.6. The number of para-hydroxylation sites is 1. The van der Waals surface area contributed by atoms with Gasteiger partial charge in [0.25, 0.3) is 0 Å². The Bertz CT molecular complexity index is 1890. The van der Waals surface area contributed by atoms with Crippen LogP contribution in [0.3, 0.4) is 0 Å². The van der Waals surface area contributed by atoms with Crippen LogP contribution in [0.15, 0.2) is 95.8 Å². The lowest BCUT2D eigenvalue weighted by Gasteiger charge is -2.43. The topological polar surface area (TPSA) is 93.1 Å². The summed E-state index contributed by atoms with van der Waals surface area (Å²) in [6, 6.07) is 26.0. The highest BCUT2D eigenvalue weighted by Gasteiger charge is 2.50. The van der Waals surface area contributed by atoms with Gasteiger partial charge in [-0.05, 0) is 50.2 Å². The van der Waals surface area contributed by atoms with Crippen LogP contribution in [0.4, 0.5) is 0 Å². The van der Waals surface area contributed by atoms with Gasteiger partial charge in [0, 0.05) is 18.5 Å². The second-order valence-corrected chi connectivity index (χ2v) is 10.7. The molecule has 4 aromatic carbocycles. The number of fused-ring (bicyclic) bond motifs is 4. The molecule has 0 spiro atoms. The molecule has 42 heavy (non-hydrogen) atoms. The molecule has 0 unspecified atom stereocenters. The van der Waals surface area contributed by atoms with Gasteiger partial charge >= 0.3 is 11.9 Å². The zero-order valence-electron chi connectivity index (χ0n) is 23.6. The summed E-state index contributed by atoms with van der Waals surface area (Å²) in [6.45, 7) is 3.52. The zero-order valence-corrected chi connectivity index (χ0v) is 23.6. The van der Waals surface area contributed by atoms with Crippen molar-refractivity contribution in [1.82, 2.24) is 4.57 Å². The van der Waals surface area contributed by atoms with Gasteiger partial charge in [0.05, 0.1) is 40.2 Å². The minimum atomic E-state index is -1.15. The summed E-state index contributed by atoms with van der Waals surface area (Å²) in [4.78, 5) is 40.8. The Labute approximate surface area is 242 Å². The summed E-state index contributed by atoms with van der Waals surface area (Å²) in [6.07, 6.45) is -2.21. The number of benzene rings is 4. The van der Waals surface area contributed by atoms with Crippen LogP contribution in [0, 0.1) is 0 Å². The predicted octanol–water partition coefficient (Wildman–Crippen LogP) is 6.00. The van der Waals surface area contributed by atoms with E-state index in [-0.39, 0.29) is 5.43 Å². The molecule has 0 bridgehead atoms. The van der Waals surface area contributed by atoms with Crippen LogP contribution < -0.4 is 14.9 Å². The van der Waals surface area contributed by atoms with E-state index in [1.807, 2.05) is 23.7 Å². The minimum Gasteiger partial charge on any atom is -0.496 e. The maximum absolute atomic E-state index is 13.9. The number of ether oxygens (including phenoxy) is 4. The number of aryl methyl sites for hydroxylation is 1. The third-order valence-corrected chi connectivity index (χ3v) is 7.66. The number of esters is 2. The molecule has 1 aliphatic heterocycles. The van der Waals surface area contributed by atoms with E-state index in [0.29, 0.717) is 50.0 Å². The third-order valence-electron chi connectivity index (χ3n) is 7.66. The van der Waals surface area contributed by atoms with Crippen molar-refractivity contribution in [1.29, 1.82) is 0 Å². The number of nitrogens with zero attached hydrogens (tertiary/aromatic N) is 1. The lowest BCUT2D eigenvalue weighted by molar-refractivity contribution is -0.122. The molecule has 0 aliphatic carbocycles. The average Bonchev–Trinajstić information content (AvgIpc) is 3.01. The first kappa shape index (κ1) is 27.1. The van der Waals surface area contributed by atoms with Crippen molar-refractivity contribution >= 4 is 33.7 Å². The molecule has 0 radical (unpaired) electrons. The monoisotopic (exact) mass is 563 g/mol. The Morgan fingerprint density at radius 2 is 1.40 bits per heavy atom. The highest BCUT2D eigenvalue weighted by atomic mass is 16.6. The summed E-state index contributed by atoms with van der Waals surface area (Å²) < 4.78 is 26.4. The molecule has 212 valence electrons. The standard InChI is InChI=1S/C34H29NO7/c1-34(2)31(41-33(38)21-15-9-6-10-16-21)30(40-32(37)20-13-7-5-8-14-20)27-25(42-34)19-24(39-4)26-28(27)35(3)23-18-12-11-17-22(23)29(26)36/h5-19,30-31H,1-4H3/t30-,31+/m1/s1.